The Balaban J connectivity index is 0.00000400. The van der Waals surface area contributed by atoms with Crippen LogP contribution in [0, 0.1) is 17.0 Å². The van der Waals surface area contributed by atoms with Crippen molar-refractivity contribution < 1.29 is 19.2 Å². The van der Waals surface area contributed by atoms with Gasteiger partial charge in [-0.15, -0.1) is 12.4 Å². The molecule has 0 bridgehead atoms. The lowest BCUT2D eigenvalue weighted by atomic mass is 10.1. The highest BCUT2D eigenvalue weighted by molar-refractivity contribution is 7.22. The molecular weight excluding hydrogens is 530 g/mol. The molecule has 12 heteroatoms. The number of aromatic nitrogens is 1. The number of rotatable bonds is 10. The second-order valence-electron chi connectivity index (χ2n) is 8.80. The van der Waals surface area contributed by atoms with Crippen LogP contribution in [0.2, 0.25) is 0 Å². The van der Waals surface area contributed by atoms with Gasteiger partial charge < -0.3 is 19.3 Å². The van der Waals surface area contributed by atoms with E-state index in [-0.39, 0.29) is 29.6 Å². The monoisotopic (exact) mass is 563 g/mol. The Labute approximate surface area is 232 Å². The maximum atomic E-state index is 13.9. The number of methoxy groups -OCH3 is 1. The van der Waals surface area contributed by atoms with Crippen LogP contribution in [0.15, 0.2) is 30.3 Å². The smallest absolute Gasteiger partial charge is 0.293 e. The Morgan fingerprint density at radius 1 is 1.18 bits per heavy atom. The summed E-state index contributed by atoms with van der Waals surface area (Å²) in [7, 11) is 1.60. The lowest BCUT2D eigenvalue weighted by Crippen LogP contribution is -2.39. The van der Waals surface area contributed by atoms with Crippen molar-refractivity contribution in [3.63, 3.8) is 0 Å². The van der Waals surface area contributed by atoms with Crippen molar-refractivity contribution in [2.75, 3.05) is 69.4 Å². The summed E-state index contributed by atoms with van der Waals surface area (Å²) in [6.07, 6.45) is 0. The number of nitro groups is 1. The Kier molecular flexibility index (Phi) is 10.3. The third-order valence-electron chi connectivity index (χ3n) is 6.69. The van der Waals surface area contributed by atoms with Gasteiger partial charge in [-0.2, -0.15) is 0 Å². The van der Waals surface area contributed by atoms with Gasteiger partial charge in [0.2, 0.25) is 0 Å². The standard InChI is InChI=1S/C26H33N5O5S.ClH/c1-5-28(6-2)11-12-30(26-27-23-22(35-4)10-7-18(3)24(23)37-26)25(32)19-8-9-20(21(17-19)31(33)34)29-13-15-36-16-14-29;/h7-10,17H,5-6,11-16H2,1-4H3;1H. The number of anilines is 2. The fraction of sp³-hybridized carbons (Fsp3) is 0.462. The quantitative estimate of drug-likeness (QED) is 0.257. The zero-order chi connectivity index (χ0) is 26.5. The van der Waals surface area contributed by atoms with E-state index in [9.17, 15) is 14.9 Å². The van der Waals surface area contributed by atoms with E-state index in [2.05, 4.69) is 18.7 Å². The lowest BCUT2D eigenvalue weighted by molar-refractivity contribution is -0.384. The molecule has 206 valence electrons. The molecule has 1 fully saturated rings. The molecule has 0 spiro atoms. The normalized spacial score (nSPS) is 13.4. The molecular formula is C26H34ClN5O5S. The Morgan fingerprint density at radius 2 is 1.89 bits per heavy atom. The first-order valence-corrected chi connectivity index (χ1v) is 13.3. The van der Waals surface area contributed by atoms with Crippen LogP contribution in [0.3, 0.4) is 0 Å². The van der Waals surface area contributed by atoms with Crippen LogP contribution in [0.4, 0.5) is 16.5 Å². The SMILES string of the molecule is CCN(CC)CCN(C(=O)c1ccc(N2CCOCC2)c([N+](=O)[O-])c1)c1nc2c(OC)ccc(C)c2s1.Cl. The molecule has 0 N–H and O–H groups in total. The van der Waals surface area contributed by atoms with Crippen LogP contribution in [-0.4, -0.2) is 80.3 Å². The first-order chi connectivity index (χ1) is 17.9. The summed E-state index contributed by atoms with van der Waals surface area (Å²) in [6, 6.07) is 8.57. The molecule has 1 aliphatic rings. The lowest BCUT2D eigenvalue weighted by Gasteiger charge is -2.29. The molecule has 0 aliphatic carbocycles. The highest BCUT2D eigenvalue weighted by Gasteiger charge is 2.27. The molecule has 0 radical (unpaired) electrons. The molecule has 38 heavy (non-hydrogen) atoms. The fourth-order valence-electron chi connectivity index (χ4n) is 4.47. The molecule has 1 amide bonds. The Morgan fingerprint density at radius 3 is 2.53 bits per heavy atom. The summed E-state index contributed by atoms with van der Waals surface area (Å²) in [4.78, 5) is 36.0. The van der Waals surface area contributed by atoms with Crippen molar-refractivity contribution in [3.8, 4) is 5.75 Å². The van der Waals surface area contributed by atoms with E-state index < -0.39 is 4.92 Å². The van der Waals surface area contributed by atoms with Gasteiger partial charge in [0, 0.05) is 37.8 Å². The van der Waals surface area contributed by atoms with Gasteiger partial charge in [-0.25, -0.2) is 4.98 Å². The zero-order valence-electron chi connectivity index (χ0n) is 22.1. The summed E-state index contributed by atoms with van der Waals surface area (Å²) in [6.45, 7) is 11.1. The van der Waals surface area contributed by atoms with Gasteiger partial charge in [0.05, 0.1) is 29.9 Å². The molecule has 0 unspecified atom stereocenters. The van der Waals surface area contributed by atoms with Gasteiger partial charge in [0.25, 0.3) is 11.6 Å². The zero-order valence-corrected chi connectivity index (χ0v) is 23.8. The van der Waals surface area contributed by atoms with E-state index >= 15 is 0 Å². The van der Waals surface area contributed by atoms with Crippen molar-refractivity contribution in [1.82, 2.24) is 9.88 Å². The number of aryl methyl sites for hydroxylation is 1. The topological polar surface area (TPSA) is 101 Å². The van der Waals surface area contributed by atoms with Crippen molar-refractivity contribution in [2.24, 2.45) is 0 Å². The number of thiazole rings is 1. The number of amides is 1. The fourth-order valence-corrected chi connectivity index (χ4v) is 5.55. The summed E-state index contributed by atoms with van der Waals surface area (Å²) in [5.74, 6) is 0.323. The van der Waals surface area contributed by atoms with E-state index in [1.165, 1.54) is 17.4 Å². The minimum atomic E-state index is -0.423. The summed E-state index contributed by atoms with van der Waals surface area (Å²) >= 11 is 1.43. The van der Waals surface area contributed by atoms with Crippen LogP contribution in [0.25, 0.3) is 10.2 Å². The Hall–Kier alpha value is -2.99. The summed E-state index contributed by atoms with van der Waals surface area (Å²) < 4.78 is 11.8. The van der Waals surface area contributed by atoms with Crippen LogP contribution >= 0.6 is 23.7 Å². The number of nitrogens with zero attached hydrogens (tertiary/aromatic N) is 5. The maximum absolute atomic E-state index is 13.9. The van der Waals surface area contributed by atoms with Gasteiger partial charge in [-0.3, -0.25) is 19.8 Å². The molecule has 0 saturated carbocycles. The average Bonchev–Trinajstić information content (AvgIpc) is 3.37. The molecule has 4 rings (SSSR count). The number of hydrogen-bond donors (Lipinski definition) is 0. The van der Waals surface area contributed by atoms with Gasteiger partial charge in [0.1, 0.15) is 17.0 Å². The van der Waals surface area contributed by atoms with E-state index in [1.54, 1.807) is 24.1 Å². The number of hydrogen-bond acceptors (Lipinski definition) is 9. The molecule has 2 aromatic carbocycles. The summed E-state index contributed by atoms with van der Waals surface area (Å²) in [5, 5.41) is 12.5. The number of nitro benzene ring substituents is 1. The first-order valence-electron chi connectivity index (χ1n) is 12.5. The number of fused-ring (bicyclic) bond motifs is 1. The molecule has 0 atom stereocenters. The number of morpholine rings is 1. The van der Waals surface area contributed by atoms with E-state index in [4.69, 9.17) is 14.5 Å². The van der Waals surface area contributed by atoms with Crippen molar-refractivity contribution >= 4 is 56.4 Å². The predicted octanol–water partition coefficient (Wildman–Crippen LogP) is 4.77. The van der Waals surface area contributed by atoms with Gasteiger partial charge in [-0.1, -0.05) is 31.3 Å². The second-order valence-corrected chi connectivity index (χ2v) is 9.78. The largest absolute Gasteiger partial charge is 0.494 e. The molecule has 1 saturated heterocycles. The van der Waals surface area contributed by atoms with Gasteiger partial charge >= 0.3 is 0 Å². The highest BCUT2D eigenvalue weighted by Crippen LogP contribution is 2.37. The average molecular weight is 564 g/mol. The van der Waals surface area contributed by atoms with Crippen LogP contribution in [0.1, 0.15) is 29.8 Å². The molecule has 2 heterocycles. The van der Waals surface area contributed by atoms with Gasteiger partial charge in [0.15, 0.2) is 5.13 Å². The van der Waals surface area contributed by atoms with Gasteiger partial charge in [-0.05, 0) is 43.8 Å². The number of ether oxygens (including phenoxy) is 2. The number of benzene rings is 2. The van der Waals surface area contributed by atoms with Crippen molar-refractivity contribution in [3.05, 3.63) is 51.6 Å². The number of carbonyl (C=O) groups is 1. The van der Waals surface area contributed by atoms with Crippen LogP contribution in [-0.2, 0) is 4.74 Å². The second kappa shape index (κ2) is 13.2. The third kappa shape index (κ3) is 6.17. The molecule has 1 aromatic heterocycles. The van der Waals surface area contributed by atoms with E-state index in [1.807, 2.05) is 24.0 Å². The number of likely N-dealkylation sites (N-methyl/N-ethyl adjacent to an activating group) is 1. The number of carbonyl (C=O) groups excluding carboxylic acids is 1. The van der Waals surface area contributed by atoms with Crippen LogP contribution in [0.5, 0.6) is 5.75 Å². The molecule has 1 aliphatic heterocycles. The predicted molar refractivity (Wildman–Crippen MR) is 154 cm³/mol. The number of halogens is 1. The van der Waals surface area contributed by atoms with E-state index in [0.29, 0.717) is 61.5 Å². The minimum Gasteiger partial charge on any atom is -0.494 e. The van der Waals surface area contributed by atoms with Crippen molar-refractivity contribution in [2.45, 2.75) is 20.8 Å². The third-order valence-corrected chi connectivity index (χ3v) is 7.91. The minimum absolute atomic E-state index is 0. The Bertz CT molecular complexity index is 1280. The van der Waals surface area contributed by atoms with Crippen molar-refractivity contribution in [1.29, 1.82) is 0 Å². The molecule has 10 nitrogen and oxygen atoms in total. The van der Waals surface area contributed by atoms with E-state index in [0.717, 1.165) is 23.4 Å². The first kappa shape index (κ1) is 29.6. The van der Waals surface area contributed by atoms with Crippen LogP contribution < -0.4 is 14.5 Å². The molecule has 3 aromatic rings. The maximum Gasteiger partial charge on any atom is 0.293 e. The summed E-state index contributed by atoms with van der Waals surface area (Å²) in [5.41, 5.74) is 2.42. The highest BCUT2D eigenvalue weighted by atomic mass is 35.5.